The van der Waals surface area contributed by atoms with E-state index in [9.17, 15) is 13.2 Å². The molecule has 1 fully saturated rings. The Kier molecular flexibility index (Phi) is 4.24. The summed E-state index contributed by atoms with van der Waals surface area (Å²) in [7, 11) is -3.42. The van der Waals surface area contributed by atoms with Gasteiger partial charge in [-0.05, 0) is 31.9 Å². The molecule has 1 aliphatic heterocycles. The summed E-state index contributed by atoms with van der Waals surface area (Å²) in [5, 5.41) is 0. The first-order chi connectivity index (χ1) is 8.99. The van der Waals surface area contributed by atoms with Crippen molar-refractivity contribution in [1.82, 2.24) is 4.90 Å². The molecule has 1 amide bonds. The Morgan fingerprint density at radius 2 is 1.79 bits per heavy atom. The van der Waals surface area contributed by atoms with Gasteiger partial charge in [0, 0.05) is 13.0 Å². The average Bonchev–Trinajstić information content (AvgIpc) is 2.55. The second-order valence-electron chi connectivity index (χ2n) is 5.02. The van der Waals surface area contributed by atoms with Crippen molar-refractivity contribution in [3.05, 3.63) is 29.8 Å². The molecule has 0 bridgehead atoms. The lowest BCUT2D eigenvalue weighted by Gasteiger charge is -2.20. The van der Waals surface area contributed by atoms with E-state index in [1.165, 1.54) is 4.90 Å². The number of hydrogen-bond acceptors (Lipinski definition) is 3. The van der Waals surface area contributed by atoms with Gasteiger partial charge in [0.2, 0.25) is 5.91 Å². The fourth-order valence-electron chi connectivity index (χ4n) is 2.20. The summed E-state index contributed by atoms with van der Waals surface area (Å²) in [6.45, 7) is 2.46. The van der Waals surface area contributed by atoms with Crippen LogP contribution in [0.25, 0.3) is 0 Å². The summed E-state index contributed by atoms with van der Waals surface area (Å²) in [5.41, 5.74) is 1.02. The number of amides is 1. The molecule has 19 heavy (non-hydrogen) atoms. The number of sulfone groups is 1. The molecule has 1 heterocycles. The highest BCUT2D eigenvalue weighted by atomic mass is 32.2. The van der Waals surface area contributed by atoms with Gasteiger partial charge in [0.1, 0.15) is 5.88 Å². The minimum Gasteiger partial charge on any atom is -0.328 e. The number of nitrogens with zero attached hydrogens (tertiary/aromatic N) is 1. The van der Waals surface area contributed by atoms with Gasteiger partial charge in [0.25, 0.3) is 0 Å². The normalized spacial score (nSPS) is 17.3. The molecule has 2 rings (SSSR count). The van der Waals surface area contributed by atoms with Crippen LogP contribution in [-0.4, -0.2) is 31.6 Å². The molecule has 104 valence electrons. The van der Waals surface area contributed by atoms with Gasteiger partial charge in [0.15, 0.2) is 9.84 Å². The van der Waals surface area contributed by atoms with Crippen molar-refractivity contribution in [2.24, 2.45) is 0 Å². The lowest BCUT2D eigenvalue weighted by atomic mass is 10.2. The van der Waals surface area contributed by atoms with Gasteiger partial charge in [-0.3, -0.25) is 4.79 Å². The number of aryl methyl sites for hydroxylation is 1. The van der Waals surface area contributed by atoms with Crippen molar-refractivity contribution in [2.45, 2.75) is 37.5 Å². The van der Waals surface area contributed by atoms with Crippen LogP contribution in [0.15, 0.2) is 29.2 Å². The molecule has 4 nitrogen and oxygen atoms in total. The Labute approximate surface area is 114 Å². The first-order valence-corrected chi connectivity index (χ1v) is 8.21. The zero-order chi connectivity index (χ0) is 13.9. The molecule has 0 saturated carbocycles. The van der Waals surface area contributed by atoms with E-state index in [-0.39, 0.29) is 16.7 Å². The Hall–Kier alpha value is -1.36. The molecule has 1 aromatic carbocycles. The smallest absolute Gasteiger partial charge is 0.223 e. The standard InChI is InChI=1S/C14H19NO3S/c1-12-6-8-13(9-7-12)19(17,18)11-15-10-4-2-3-5-14(15)16/h6-9H,2-5,10-11H2,1H3. The maximum atomic E-state index is 12.3. The predicted octanol–water partition coefficient (Wildman–Crippen LogP) is 2.13. The topological polar surface area (TPSA) is 54.5 Å². The molecule has 0 unspecified atom stereocenters. The van der Waals surface area contributed by atoms with Crippen LogP contribution >= 0.6 is 0 Å². The van der Waals surface area contributed by atoms with Crippen LogP contribution < -0.4 is 0 Å². The maximum Gasteiger partial charge on any atom is 0.223 e. The molecule has 1 saturated heterocycles. The summed E-state index contributed by atoms with van der Waals surface area (Å²) in [4.78, 5) is 13.6. The fraction of sp³-hybridized carbons (Fsp3) is 0.500. The largest absolute Gasteiger partial charge is 0.328 e. The van der Waals surface area contributed by atoms with E-state index in [2.05, 4.69) is 0 Å². The number of hydrogen-bond donors (Lipinski definition) is 0. The van der Waals surface area contributed by atoms with E-state index in [4.69, 9.17) is 0 Å². The second-order valence-corrected chi connectivity index (χ2v) is 6.98. The molecule has 0 aromatic heterocycles. The van der Waals surface area contributed by atoms with Crippen molar-refractivity contribution in [3.8, 4) is 0 Å². The third kappa shape index (κ3) is 3.56. The predicted molar refractivity (Wildman–Crippen MR) is 73.4 cm³/mol. The van der Waals surface area contributed by atoms with Crippen molar-refractivity contribution in [2.75, 3.05) is 12.4 Å². The monoisotopic (exact) mass is 281 g/mol. The number of carbonyl (C=O) groups is 1. The zero-order valence-electron chi connectivity index (χ0n) is 11.1. The lowest BCUT2D eigenvalue weighted by Crippen LogP contribution is -2.35. The van der Waals surface area contributed by atoms with Crippen LogP contribution in [0.1, 0.15) is 31.2 Å². The van der Waals surface area contributed by atoms with E-state index in [1.807, 2.05) is 6.92 Å². The Bertz CT molecular complexity index is 549. The molecule has 0 spiro atoms. The molecule has 0 N–H and O–H groups in total. The summed E-state index contributed by atoms with van der Waals surface area (Å²) in [6, 6.07) is 6.76. The van der Waals surface area contributed by atoms with Crippen LogP contribution in [0.2, 0.25) is 0 Å². The van der Waals surface area contributed by atoms with Gasteiger partial charge >= 0.3 is 0 Å². The van der Waals surface area contributed by atoms with E-state index >= 15 is 0 Å². The van der Waals surface area contributed by atoms with E-state index in [1.54, 1.807) is 24.3 Å². The summed E-state index contributed by atoms with van der Waals surface area (Å²) in [5.74, 6) is -0.247. The molecule has 1 aromatic rings. The third-order valence-corrected chi connectivity index (χ3v) is 5.02. The van der Waals surface area contributed by atoms with Gasteiger partial charge in [-0.1, -0.05) is 24.1 Å². The molecule has 0 atom stereocenters. The number of likely N-dealkylation sites (tertiary alicyclic amines) is 1. The molecule has 0 radical (unpaired) electrons. The molecule has 1 aliphatic rings. The lowest BCUT2D eigenvalue weighted by molar-refractivity contribution is -0.129. The van der Waals surface area contributed by atoms with Gasteiger partial charge in [-0.15, -0.1) is 0 Å². The molecule has 5 heteroatoms. The quantitative estimate of drug-likeness (QED) is 0.853. The van der Waals surface area contributed by atoms with Crippen LogP contribution in [0.4, 0.5) is 0 Å². The van der Waals surface area contributed by atoms with Crippen LogP contribution in [-0.2, 0) is 14.6 Å². The van der Waals surface area contributed by atoms with E-state index in [0.29, 0.717) is 13.0 Å². The minimum atomic E-state index is -3.42. The van der Waals surface area contributed by atoms with Crippen molar-refractivity contribution in [3.63, 3.8) is 0 Å². The summed E-state index contributed by atoms with van der Waals surface area (Å²) < 4.78 is 24.6. The Balaban J connectivity index is 2.16. The number of rotatable bonds is 3. The maximum absolute atomic E-state index is 12.3. The van der Waals surface area contributed by atoms with Gasteiger partial charge < -0.3 is 4.90 Å². The molecule has 0 aliphatic carbocycles. The van der Waals surface area contributed by atoms with Crippen LogP contribution in [0.3, 0.4) is 0 Å². The Morgan fingerprint density at radius 3 is 2.47 bits per heavy atom. The van der Waals surface area contributed by atoms with Crippen LogP contribution in [0.5, 0.6) is 0 Å². The van der Waals surface area contributed by atoms with Crippen molar-refractivity contribution < 1.29 is 13.2 Å². The highest BCUT2D eigenvalue weighted by molar-refractivity contribution is 7.91. The van der Waals surface area contributed by atoms with Gasteiger partial charge in [0.05, 0.1) is 4.90 Å². The summed E-state index contributed by atoms with van der Waals surface area (Å²) >= 11 is 0. The molecular weight excluding hydrogens is 262 g/mol. The SMILES string of the molecule is Cc1ccc(S(=O)(=O)CN2CCCCCC2=O)cc1. The first kappa shape index (κ1) is 14.1. The van der Waals surface area contributed by atoms with Gasteiger partial charge in [-0.2, -0.15) is 0 Å². The Morgan fingerprint density at radius 1 is 1.11 bits per heavy atom. The average molecular weight is 281 g/mol. The number of carbonyl (C=O) groups excluding carboxylic acids is 1. The van der Waals surface area contributed by atoms with E-state index < -0.39 is 9.84 Å². The van der Waals surface area contributed by atoms with Crippen LogP contribution in [0, 0.1) is 6.92 Å². The first-order valence-electron chi connectivity index (χ1n) is 6.56. The number of benzene rings is 1. The second kappa shape index (κ2) is 5.74. The highest BCUT2D eigenvalue weighted by Crippen LogP contribution is 2.17. The fourth-order valence-corrected chi connectivity index (χ4v) is 3.58. The minimum absolute atomic E-state index is 0.0480. The highest BCUT2D eigenvalue weighted by Gasteiger charge is 2.24. The molecular formula is C14H19NO3S. The van der Waals surface area contributed by atoms with Gasteiger partial charge in [-0.25, -0.2) is 8.42 Å². The zero-order valence-corrected chi connectivity index (χ0v) is 11.9. The summed E-state index contributed by atoms with van der Waals surface area (Å²) in [6.07, 6.45) is 3.20. The third-order valence-electron chi connectivity index (χ3n) is 3.38. The van der Waals surface area contributed by atoms with E-state index in [0.717, 1.165) is 24.8 Å². The van der Waals surface area contributed by atoms with Crippen molar-refractivity contribution in [1.29, 1.82) is 0 Å². The van der Waals surface area contributed by atoms with Crippen molar-refractivity contribution >= 4 is 15.7 Å².